The molecule has 7 heteroatoms. The highest BCUT2D eigenvalue weighted by atomic mass is 32.2. The molecule has 2 aromatic rings. The van der Waals surface area contributed by atoms with E-state index in [0.29, 0.717) is 18.3 Å². The highest BCUT2D eigenvalue weighted by Crippen LogP contribution is 2.28. The standard InChI is InChI=1S/C18H25N3O3S/c1-13-8-4-5-9-14(13)18-19-17(20-24-18)12-21(2)15-10-6-7-11-16(15)25(3,22)23/h4-5,8-9,15-16H,6-7,10-12H2,1-3H3. The van der Waals surface area contributed by atoms with Gasteiger partial charge in [-0.2, -0.15) is 4.98 Å². The molecule has 0 saturated heterocycles. The molecule has 6 nitrogen and oxygen atoms in total. The zero-order valence-electron chi connectivity index (χ0n) is 15.0. The SMILES string of the molecule is Cc1ccccc1-c1nc(CN(C)C2CCCCC2S(C)(=O)=O)no1. The zero-order chi connectivity index (χ0) is 18.0. The minimum atomic E-state index is -3.06. The van der Waals surface area contributed by atoms with E-state index in [1.807, 2.05) is 38.2 Å². The van der Waals surface area contributed by atoms with Crippen molar-refractivity contribution in [2.45, 2.75) is 50.4 Å². The van der Waals surface area contributed by atoms with Gasteiger partial charge in [-0.3, -0.25) is 4.90 Å². The first-order valence-corrected chi connectivity index (χ1v) is 10.6. The smallest absolute Gasteiger partial charge is 0.258 e. The molecular weight excluding hydrogens is 338 g/mol. The summed E-state index contributed by atoms with van der Waals surface area (Å²) in [4.78, 5) is 6.55. The number of aromatic nitrogens is 2. The molecule has 0 amide bonds. The Hall–Kier alpha value is -1.73. The van der Waals surface area contributed by atoms with Crippen LogP contribution in [0.25, 0.3) is 11.5 Å². The average molecular weight is 363 g/mol. The zero-order valence-corrected chi connectivity index (χ0v) is 15.8. The van der Waals surface area contributed by atoms with Crippen molar-refractivity contribution >= 4 is 9.84 Å². The van der Waals surface area contributed by atoms with E-state index >= 15 is 0 Å². The summed E-state index contributed by atoms with van der Waals surface area (Å²) in [6.07, 6.45) is 4.99. The Morgan fingerprint density at radius 2 is 1.96 bits per heavy atom. The fourth-order valence-corrected chi connectivity index (χ4v) is 5.17. The fraction of sp³-hybridized carbons (Fsp3) is 0.556. The van der Waals surface area contributed by atoms with Crippen LogP contribution in [0.3, 0.4) is 0 Å². The summed E-state index contributed by atoms with van der Waals surface area (Å²) >= 11 is 0. The average Bonchev–Trinajstić information content (AvgIpc) is 3.02. The van der Waals surface area contributed by atoms with Gasteiger partial charge in [0.25, 0.3) is 5.89 Å². The normalized spacial score (nSPS) is 21.6. The third-order valence-corrected chi connectivity index (χ3v) is 6.67. The molecule has 1 aromatic carbocycles. The van der Waals surface area contributed by atoms with Gasteiger partial charge in [0, 0.05) is 17.9 Å². The largest absolute Gasteiger partial charge is 0.334 e. The number of nitrogens with zero attached hydrogens (tertiary/aromatic N) is 3. The van der Waals surface area contributed by atoms with Crippen LogP contribution in [-0.4, -0.2) is 48.1 Å². The van der Waals surface area contributed by atoms with Gasteiger partial charge in [0.05, 0.1) is 11.8 Å². The van der Waals surface area contributed by atoms with Gasteiger partial charge in [0.1, 0.15) is 0 Å². The molecule has 0 bridgehead atoms. The summed E-state index contributed by atoms with van der Waals surface area (Å²) in [7, 11) is -1.12. The van der Waals surface area contributed by atoms with Crippen molar-refractivity contribution in [3.8, 4) is 11.5 Å². The van der Waals surface area contributed by atoms with Gasteiger partial charge in [-0.05, 0) is 38.4 Å². The van der Waals surface area contributed by atoms with E-state index < -0.39 is 9.84 Å². The van der Waals surface area contributed by atoms with Crippen molar-refractivity contribution in [3.63, 3.8) is 0 Å². The maximum Gasteiger partial charge on any atom is 0.258 e. The third-order valence-electron chi connectivity index (χ3n) is 5.02. The minimum Gasteiger partial charge on any atom is -0.334 e. The van der Waals surface area contributed by atoms with Crippen molar-refractivity contribution in [3.05, 3.63) is 35.7 Å². The van der Waals surface area contributed by atoms with E-state index in [-0.39, 0.29) is 11.3 Å². The van der Waals surface area contributed by atoms with Crippen molar-refractivity contribution in [1.29, 1.82) is 0 Å². The second kappa shape index (κ2) is 7.25. The monoisotopic (exact) mass is 363 g/mol. The van der Waals surface area contributed by atoms with Crippen LogP contribution >= 0.6 is 0 Å². The third kappa shape index (κ3) is 4.10. The van der Waals surface area contributed by atoms with Gasteiger partial charge in [-0.25, -0.2) is 8.42 Å². The van der Waals surface area contributed by atoms with Crippen LogP contribution in [0.5, 0.6) is 0 Å². The molecular formula is C18H25N3O3S. The Bertz CT molecular complexity index is 832. The van der Waals surface area contributed by atoms with E-state index in [9.17, 15) is 8.42 Å². The van der Waals surface area contributed by atoms with Crippen LogP contribution in [0.1, 0.15) is 37.1 Å². The molecule has 0 radical (unpaired) electrons. The van der Waals surface area contributed by atoms with Gasteiger partial charge in [0.15, 0.2) is 15.7 Å². The van der Waals surface area contributed by atoms with Crippen molar-refractivity contribution in [2.24, 2.45) is 0 Å². The van der Waals surface area contributed by atoms with Gasteiger partial charge >= 0.3 is 0 Å². The van der Waals surface area contributed by atoms with E-state index in [1.54, 1.807) is 0 Å². The first kappa shape index (κ1) is 18.1. The van der Waals surface area contributed by atoms with E-state index in [1.165, 1.54) is 6.26 Å². The van der Waals surface area contributed by atoms with Crippen LogP contribution < -0.4 is 0 Å². The summed E-state index contributed by atoms with van der Waals surface area (Å²) in [5.41, 5.74) is 2.01. The van der Waals surface area contributed by atoms with Crippen molar-refractivity contribution in [2.75, 3.05) is 13.3 Å². The molecule has 1 saturated carbocycles. The Morgan fingerprint density at radius 3 is 2.68 bits per heavy atom. The van der Waals surface area contributed by atoms with Crippen LogP contribution in [0, 0.1) is 6.92 Å². The topological polar surface area (TPSA) is 76.3 Å². The summed E-state index contributed by atoms with van der Waals surface area (Å²) < 4.78 is 29.6. The molecule has 3 rings (SSSR count). The molecule has 0 aliphatic heterocycles. The quantitative estimate of drug-likeness (QED) is 0.813. The van der Waals surface area contributed by atoms with Crippen LogP contribution in [0.4, 0.5) is 0 Å². The molecule has 0 spiro atoms. The highest BCUT2D eigenvalue weighted by Gasteiger charge is 2.35. The molecule has 136 valence electrons. The van der Waals surface area contributed by atoms with Gasteiger partial charge in [-0.1, -0.05) is 36.2 Å². The summed E-state index contributed by atoms with van der Waals surface area (Å²) in [6.45, 7) is 2.48. The predicted octanol–water partition coefficient (Wildman–Crippen LogP) is 2.83. The predicted molar refractivity (Wildman–Crippen MR) is 96.8 cm³/mol. The number of rotatable bonds is 5. The molecule has 1 aliphatic carbocycles. The van der Waals surface area contributed by atoms with Crippen LogP contribution in [-0.2, 0) is 16.4 Å². The van der Waals surface area contributed by atoms with Gasteiger partial charge in [0.2, 0.25) is 0 Å². The van der Waals surface area contributed by atoms with Gasteiger partial charge < -0.3 is 4.52 Å². The fourth-order valence-electron chi connectivity index (χ4n) is 3.66. The van der Waals surface area contributed by atoms with E-state index in [4.69, 9.17) is 4.52 Å². The molecule has 25 heavy (non-hydrogen) atoms. The molecule has 2 atom stereocenters. The lowest BCUT2D eigenvalue weighted by Gasteiger charge is -2.36. The molecule has 0 N–H and O–H groups in total. The van der Waals surface area contributed by atoms with E-state index in [2.05, 4.69) is 15.0 Å². The second-order valence-electron chi connectivity index (χ2n) is 6.97. The van der Waals surface area contributed by atoms with E-state index in [0.717, 1.165) is 36.8 Å². The molecule has 1 aromatic heterocycles. The number of sulfone groups is 1. The Kier molecular flexibility index (Phi) is 5.24. The number of benzene rings is 1. The van der Waals surface area contributed by atoms with Crippen molar-refractivity contribution in [1.82, 2.24) is 15.0 Å². The molecule has 1 aliphatic rings. The summed E-state index contributed by atoms with van der Waals surface area (Å²) in [5.74, 6) is 1.09. The highest BCUT2D eigenvalue weighted by molar-refractivity contribution is 7.91. The first-order chi connectivity index (χ1) is 11.9. The number of hydrogen-bond acceptors (Lipinski definition) is 6. The summed E-state index contributed by atoms with van der Waals surface area (Å²) in [6, 6.07) is 7.88. The number of aryl methyl sites for hydroxylation is 1. The Labute approximate surface area is 149 Å². The lowest BCUT2D eigenvalue weighted by atomic mass is 9.94. The summed E-state index contributed by atoms with van der Waals surface area (Å²) in [5, 5.41) is 3.77. The van der Waals surface area contributed by atoms with Gasteiger partial charge in [-0.15, -0.1) is 0 Å². The lowest BCUT2D eigenvalue weighted by Crippen LogP contribution is -2.46. The number of hydrogen-bond donors (Lipinski definition) is 0. The maximum atomic E-state index is 12.1. The Balaban J connectivity index is 1.75. The molecule has 1 fully saturated rings. The first-order valence-electron chi connectivity index (χ1n) is 8.64. The van der Waals surface area contributed by atoms with Crippen LogP contribution in [0.2, 0.25) is 0 Å². The molecule has 2 unspecified atom stereocenters. The van der Waals surface area contributed by atoms with Crippen molar-refractivity contribution < 1.29 is 12.9 Å². The molecule has 1 heterocycles. The second-order valence-corrected chi connectivity index (χ2v) is 9.23. The lowest BCUT2D eigenvalue weighted by molar-refractivity contribution is 0.181. The Morgan fingerprint density at radius 1 is 1.24 bits per heavy atom. The maximum absolute atomic E-state index is 12.1. The van der Waals surface area contributed by atoms with Crippen LogP contribution in [0.15, 0.2) is 28.8 Å². The minimum absolute atomic E-state index is 0.00385.